The maximum atomic E-state index is 12.1. The highest BCUT2D eigenvalue weighted by molar-refractivity contribution is 5.92. The first kappa shape index (κ1) is 18.2. The molecule has 0 spiro atoms. The molecule has 0 saturated heterocycles. The molecule has 2 unspecified atom stereocenters. The number of halogens is 1. The zero-order chi connectivity index (χ0) is 16.2. The average Bonchev–Trinajstić information content (AvgIpc) is 3.15. The number of carbonyl (C=O) groups is 1. The van der Waals surface area contributed by atoms with Gasteiger partial charge in [-0.1, -0.05) is 5.16 Å². The fourth-order valence-electron chi connectivity index (χ4n) is 2.68. The average molecular weight is 353 g/mol. The second kappa shape index (κ2) is 8.12. The van der Waals surface area contributed by atoms with Gasteiger partial charge in [0.15, 0.2) is 6.61 Å². The first-order valence-corrected chi connectivity index (χ1v) is 7.68. The minimum Gasteiger partial charge on any atom is -0.485 e. The Morgan fingerprint density at radius 1 is 1.38 bits per heavy atom. The van der Waals surface area contributed by atoms with Crippen molar-refractivity contribution in [2.45, 2.75) is 38.8 Å². The molecule has 1 fully saturated rings. The number of anilines is 1. The Morgan fingerprint density at radius 2 is 2.12 bits per heavy atom. The largest absolute Gasteiger partial charge is 0.485 e. The van der Waals surface area contributed by atoms with Crippen LogP contribution in [0.2, 0.25) is 0 Å². The number of nitrogens with two attached hydrogens (primary N) is 1. The molecular weight excluding hydrogens is 332 g/mol. The lowest BCUT2D eigenvalue weighted by atomic mass is 10.1. The Labute approximate surface area is 146 Å². The van der Waals surface area contributed by atoms with Gasteiger partial charge in [-0.3, -0.25) is 4.79 Å². The van der Waals surface area contributed by atoms with Crippen LogP contribution in [-0.2, 0) is 11.4 Å². The van der Waals surface area contributed by atoms with E-state index in [0.717, 1.165) is 24.9 Å². The molecule has 130 valence electrons. The summed E-state index contributed by atoms with van der Waals surface area (Å²) in [7, 11) is 0. The second-order valence-electron chi connectivity index (χ2n) is 5.80. The Kier molecular flexibility index (Phi) is 6.16. The number of hydrogen-bond acceptors (Lipinski definition) is 6. The van der Waals surface area contributed by atoms with Gasteiger partial charge in [0.1, 0.15) is 5.75 Å². The van der Waals surface area contributed by atoms with Gasteiger partial charge in [-0.2, -0.15) is 4.98 Å². The smallest absolute Gasteiger partial charge is 0.227 e. The maximum Gasteiger partial charge on any atom is 0.227 e. The number of carbonyl (C=O) groups excluding carboxylic acids is 1. The SMILES string of the molecule is Cc1nc(COc2ccc(NC(=O)C3CCC(N)C3)cc2)no1.Cl. The number of hydrogen-bond donors (Lipinski definition) is 2. The van der Waals surface area contributed by atoms with E-state index in [2.05, 4.69) is 15.5 Å². The molecule has 24 heavy (non-hydrogen) atoms. The van der Waals surface area contributed by atoms with Gasteiger partial charge in [0, 0.05) is 24.6 Å². The van der Waals surface area contributed by atoms with Crippen LogP contribution in [0.1, 0.15) is 31.0 Å². The maximum absolute atomic E-state index is 12.1. The molecule has 0 radical (unpaired) electrons. The molecule has 0 aliphatic heterocycles. The van der Waals surface area contributed by atoms with Crippen molar-refractivity contribution in [2.75, 3.05) is 5.32 Å². The Morgan fingerprint density at radius 3 is 2.71 bits per heavy atom. The predicted molar refractivity (Wildman–Crippen MR) is 91.0 cm³/mol. The number of rotatable bonds is 5. The molecule has 8 heteroatoms. The fraction of sp³-hybridized carbons (Fsp3) is 0.438. The molecule has 1 heterocycles. The van der Waals surface area contributed by atoms with Gasteiger partial charge >= 0.3 is 0 Å². The van der Waals surface area contributed by atoms with Crippen LogP contribution in [0.4, 0.5) is 5.69 Å². The summed E-state index contributed by atoms with van der Waals surface area (Å²) in [4.78, 5) is 16.2. The molecule has 7 nitrogen and oxygen atoms in total. The van der Waals surface area contributed by atoms with Crippen molar-refractivity contribution in [2.24, 2.45) is 11.7 Å². The van der Waals surface area contributed by atoms with E-state index >= 15 is 0 Å². The second-order valence-corrected chi connectivity index (χ2v) is 5.80. The Balaban J connectivity index is 0.00000208. The summed E-state index contributed by atoms with van der Waals surface area (Å²) in [6.07, 6.45) is 2.54. The quantitative estimate of drug-likeness (QED) is 0.856. The van der Waals surface area contributed by atoms with Gasteiger partial charge < -0.3 is 20.3 Å². The van der Waals surface area contributed by atoms with E-state index in [9.17, 15) is 4.79 Å². The molecule has 1 aliphatic carbocycles. The summed E-state index contributed by atoms with van der Waals surface area (Å²) >= 11 is 0. The number of nitrogens with one attached hydrogen (secondary N) is 1. The van der Waals surface area contributed by atoms with E-state index in [-0.39, 0.29) is 36.9 Å². The molecule has 1 aliphatic rings. The van der Waals surface area contributed by atoms with Crippen molar-refractivity contribution in [3.05, 3.63) is 36.0 Å². The number of benzene rings is 1. The molecule has 1 amide bonds. The van der Waals surface area contributed by atoms with Crippen LogP contribution in [0, 0.1) is 12.8 Å². The molecule has 2 atom stereocenters. The molecule has 2 aromatic rings. The number of aromatic nitrogens is 2. The highest BCUT2D eigenvalue weighted by Gasteiger charge is 2.27. The third kappa shape index (κ3) is 4.69. The summed E-state index contributed by atoms with van der Waals surface area (Å²) in [6, 6.07) is 7.36. The summed E-state index contributed by atoms with van der Waals surface area (Å²) in [5.41, 5.74) is 6.59. The summed E-state index contributed by atoms with van der Waals surface area (Å²) < 4.78 is 10.4. The minimum atomic E-state index is 0. The zero-order valence-corrected chi connectivity index (χ0v) is 14.2. The number of amides is 1. The first-order chi connectivity index (χ1) is 11.1. The number of ether oxygens (including phenoxy) is 1. The third-order valence-corrected chi connectivity index (χ3v) is 3.90. The normalized spacial score (nSPS) is 19.6. The fourth-order valence-corrected chi connectivity index (χ4v) is 2.68. The van der Waals surface area contributed by atoms with Gasteiger partial charge in [0.2, 0.25) is 17.6 Å². The standard InChI is InChI=1S/C16H20N4O3.ClH/c1-10-18-15(20-23-10)9-22-14-6-4-13(5-7-14)19-16(21)11-2-3-12(17)8-11;/h4-7,11-12H,2-3,8-9,17H2,1H3,(H,19,21);1H. The highest BCUT2D eigenvalue weighted by Crippen LogP contribution is 2.26. The molecule has 3 rings (SSSR count). The van der Waals surface area contributed by atoms with Crippen molar-refractivity contribution in [1.82, 2.24) is 10.1 Å². The van der Waals surface area contributed by atoms with Gasteiger partial charge in [-0.15, -0.1) is 12.4 Å². The van der Waals surface area contributed by atoms with Crippen LogP contribution >= 0.6 is 12.4 Å². The lowest BCUT2D eigenvalue weighted by Crippen LogP contribution is -2.23. The van der Waals surface area contributed by atoms with Crippen LogP contribution in [-0.4, -0.2) is 22.1 Å². The van der Waals surface area contributed by atoms with E-state index in [1.807, 2.05) is 12.1 Å². The molecule has 1 saturated carbocycles. The molecule has 1 aromatic carbocycles. The van der Waals surface area contributed by atoms with Crippen molar-refractivity contribution in [3.8, 4) is 5.75 Å². The highest BCUT2D eigenvalue weighted by atomic mass is 35.5. The van der Waals surface area contributed by atoms with E-state index in [1.165, 1.54) is 0 Å². The molecule has 0 bridgehead atoms. The van der Waals surface area contributed by atoms with Gasteiger partial charge in [0.25, 0.3) is 0 Å². The van der Waals surface area contributed by atoms with Gasteiger partial charge in [-0.25, -0.2) is 0 Å². The zero-order valence-electron chi connectivity index (χ0n) is 13.4. The van der Waals surface area contributed by atoms with Crippen LogP contribution in [0.5, 0.6) is 5.75 Å². The third-order valence-electron chi connectivity index (χ3n) is 3.90. The van der Waals surface area contributed by atoms with Crippen molar-refractivity contribution in [1.29, 1.82) is 0 Å². The van der Waals surface area contributed by atoms with E-state index in [1.54, 1.807) is 19.1 Å². The van der Waals surface area contributed by atoms with Crippen LogP contribution in [0.3, 0.4) is 0 Å². The Hall–Kier alpha value is -2.12. The Bertz CT molecular complexity index is 674. The lowest BCUT2D eigenvalue weighted by molar-refractivity contribution is -0.119. The van der Waals surface area contributed by atoms with Gasteiger partial charge in [0.05, 0.1) is 0 Å². The number of aryl methyl sites for hydroxylation is 1. The van der Waals surface area contributed by atoms with Crippen LogP contribution in [0.15, 0.2) is 28.8 Å². The van der Waals surface area contributed by atoms with Crippen LogP contribution < -0.4 is 15.8 Å². The van der Waals surface area contributed by atoms with E-state index < -0.39 is 0 Å². The topological polar surface area (TPSA) is 103 Å². The predicted octanol–water partition coefficient (Wildman–Crippen LogP) is 2.44. The molecule has 1 aromatic heterocycles. The summed E-state index contributed by atoms with van der Waals surface area (Å²) in [6.45, 7) is 1.97. The van der Waals surface area contributed by atoms with E-state index in [4.69, 9.17) is 15.0 Å². The first-order valence-electron chi connectivity index (χ1n) is 7.68. The van der Waals surface area contributed by atoms with Crippen molar-refractivity contribution in [3.63, 3.8) is 0 Å². The van der Waals surface area contributed by atoms with E-state index in [0.29, 0.717) is 17.5 Å². The van der Waals surface area contributed by atoms with Crippen molar-refractivity contribution >= 4 is 24.0 Å². The minimum absolute atomic E-state index is 0. The molecule has 3 N–H and O–H groups in total. The molecular formula is C16H21ClN4O3. The lowest BCUT2D eigenvalue weighted by Gasteiger charge is -2.11. The monoisotopic (exact) mass is 352 g/mol. The van der Waals surface area contributed by atoms with Gasteiger partial charge in [-0.05, 0) is 43.5 Å². The summed E-state index contributed by atoms with van der Waals surface area (Å²) in [5, 5.41) is 6.68. The van der Waals surface area contributed by atoms with Crippen molar-refractivity contribution < 1.29 is 14.1 Å². The summed E-state index contributed by atoms with van der Waals surface area (Å²) in [5.74, 6) is 1.73. The number of nitrogens with zero attached hydrogens (tertiary/aromatic N) is 2. The van der Waals surface area contributed by atoms with Crippen LogP contribution in [0.25, 0.3) is 0 Å².